The first-order valence-corrected chi connectivity index (χ1v) is 9.05. The number of carbonyl (C=O) groups is 1. The van der Waals surface area contributed by atoms with Gasteiger partial charge in [-0.3, -0.25) is 4.79 Å². The molecule has 0 aliphatic rings. The highest BCUT2D eigenvalue weighted by Crippen LogP contribution is 2.31. The highest BCUT2D eigenvalue weighted by Gasteiger charge is 2.15. The number of hydrogen-bond acceptors (Lipinski definition) is 3. The van der Waals surface area contributed by atoms with Crippen molar-refractivity contribution in [1.29, 1.82) is 0 Å². The number of rotatable bonds is 6. The molecular formula is C23H20ClNO3. The first-order chi connectivity index (χ1) is 13.6. The van der Waals surface area contributed by atoms with Gasteiger partial charge in [0, 0.05) is 16.7 Å². The van der Waals surface area contributed by atoms with Crippen LogP contribution in [-0.4, -0.2) is 20.1 Å². The number of benzene rings is 3. The molecule has 28 heavy (non-hydrogen) atoms. The summed E-state index contributed by atoms with van der Waals surface area (Å²) < 4.78 is 10.6. The lowest BCUT2D eigenvalue weighted by molar-refractivity contribution is -0.111. The summed E-state index contributed by atoms with van der Waals surface area (Å²) in [4.78, 5) is 13.1. The molecule has 0 heterocycles. The number of ether oxygens (including phenoxy) is 2. The molecule has 3 rings (SSSR count). The maximum absolute atomic E-state index is 13.1. The fourth-order valence-electron chi connectivity index (χ4n) is 2.74. The lowest BCUT2D eigenvalue weighted by Crippen LogP contribution is -2.14. The zero-order chi connectivity index (χ0) is 19.9. The van der Waals surface area contributed by atoms with Gasteiger partial charge < -0.3 is 14.8 Å². The number of nitrogens with one attached hydrogen (secondary N) is 1. The number of methoxy groups -OCH3 is 2. The molecular weight excluding hydrogens is 374 g/mol. The van der Waals surface area contributed by atoms with E-state index in [1.807, 2.05) is 48.5 Å². The van der Waals surface area contributed by atoms with E-state index >= 15 is 0 Å². The minimum Gasteiger partial charge on any atom is -0.497 e. The standard InChI is InChI=1S/C23H20ClNO3/c1-27-18-12-13-21(22(15-18)28-2)25-23(26)19(16-8-4-3-5-9-16)14-17-10-6-7-11-20(17)24/h3-15H,1-2H3,(H,25,26). The summed E-state index contributed by atoms with van der Waals surface area (Å²) in [6.45, 7) is 0. The highest BCUT2D eigenvalue weighted by molar-refractivity contribution is 6.34. The van der Waals surface area contributed by atoms with Crippen molar-refractivity contribution >= 4 is 34.8 Å². The Morgan fingerprint density at radius 3 is 2.32 bits per heavy atom. The Hall–Kier alpha value is -3.24. The van der Waals surface area contributed by atoms with E-state index in [2.05, 4.69) is 5.32 Å². The van der Waals surface area contributed by atoms with Gasteiger partial charge in [0.25, 0.3) is 5.91 Å². The lowest BCUT2D eigenvalue weighted by atomic mass is 10.0. The molecule has 142 valence electrons. The average Bonchev–Trinajstić information content (AvgIpc) is 2.74. The summed E-state index contributed by atoms with van der Waals surface area (Å²) in [7, 11) is 3.12. The van der Waals surface area contributed by atoms with Gasteiger partial charge in [-0.05, 0) is 35.4 Å². The van der Waals surface area contributed by atoms with Crippen LogP contribution in [0.25, 0.3) is 11.6 Å². The van der Waals surface area contributed by atoms with Gasteiger partial charge in [0.05, 0.1) is 19.9 Å². The molecule has 0 saturated heterocycles. The van der Waals surface area contributed by atoms with Crippen LogP contribution in [-0.2, 0) is 4.79 Å². The summed E-state index contributed by atoms with van der Waals surface area (Å²) in [5, 5.41) is 3.49. The second-order valence-corrected chi connectivity index (χ2v) is 6.37. The quantitative estimate of drug-likeness (QED) is 0.442. The molecule has 1 N–H and O–H groups in total. The Morgan fingerprint density at radius 1 is 0.929 bits per heavy atom. The van der Waals surface area contributed by atoms with Crippen LogP contribution in [0.3, 0.4) is 0 Å². The van der Waals surface area contributed by atoms with E-state index < -0.39 is 0 Å². The molecule has 0 bridgehead atoms. The van der Waals surface area contributed by atoms with E-state index in [0.717, 1.165) is 11.1 Å². The van der Waals surface area contributed by atoms with Crippen LogP contribution >= 0.6 is 11.6 Å². The predicted octanol–water partition coefficient (Wildman–Crippen LogP) is 5.54. The van der Waals surface area contributed by atoms with E-state index in [4.69, 9.17) is 21.1 Å². The molecule has 0 radical (unpaired) electrons. The SMILES string of the molecule is COc1ccc(NC(=O)C(=Cc2ccccc2Cl)c2ccccc2)c(OC)c1. The van der Waals surface area contributed by atoms with Gasteiger partial charge in [-0.1, -0.05) is 60.1 Å². The van der Waals surface area contributed by atoms with Crippen molar-refractivity contribution < 1.29 is 14.3 Å². The smallest absolute Gasteiger partial charge is 0.256 e. The summed E-state index contributed by atoms with van der Waals surface area (Å²) in [6.07, 6.45) is 1.78. The van der Waals surface area contributed by atoms with E-state index in [-0.39, 0.29) is 5.91 Å². The van der Waals surface area contributed by atoms with Gasteiger partial charge >= 0.3 is 0 Å². The first kappa shape index (κ1) is 19.5. The molecule has 0 aliphatic carbocycles. The fraction of sp³-hybridized carbons (Fsp3) is 0.0870. The van der Waals surface area contributed by atoms with Gasteiger partial charge in [-0.25, -0.2) is 0 Å². The minimum absolute atomic E-state index is 0.269. The van der Waals surface area contributed by atoms with Crippen LogP contribution < -0.4 is 14.8 Å². The minimum atomic E-state index is -0.269. The molecule has 3 aromatic carbocycles. The largest absolute Gasteiger partial charge is 0.497 e. The summed E-state index contributed by atoms with van der Waals surface area (Å²) in [5.41, 5.74) is 2.59. The third kappa shape index (κ3) is 4.53. The van der Waals surface area contributed by atoms with Crippen LogP contribution in [0.5, 0.6) is 11.5 Å². The Kier molecular flexibility index (Phi) is 6.35. The Balaban J connectivity index is 2.00. The molecule has 0 aliphatic heterocycles. The van der Waals surface area contributed by atoms with Crippen LogP contribution in [0, 0.1) is 0 Å². The van der Waals surface area contributed by atoms with Crippen LogP contribution in [0.15, 0.2) is 72.8 Å². The lowest BCUT2D eigenvalue weighted by Gasteiger charge is -2.14. The van der Waals surface area contributed by atoms with Crippen molar-refractivity contribution in [3.63, 3.8) is 0 Å². The molecule has 3 aromatic rings. The molecule has 0 fully saturated rings. The number of carbonyl (C=O) groups excluding carboxylic acids is 1. The number of halogens is 1. The van der Waals surface area contributed by atoms with Crippen molar-refractivity contribution in [3.8, 4) is 11.5 Å². The summed E-state index contributed by atoms with van der Waals surface area (Å²) in [5.74, 6) is 0.886. The third-order valence-corrected chi connectivity index (χ3v) is 4.54. The van der Waals surface area contributed by atoms with Crippen LogP contribution in [0.4, 0.5) is 5.69 Å². The van der Waals surface area contributed by atoms with Gasteiger partial charge in [0.15, 0.2) is 0 Å². The molecule has 1 amide bonds. The molecule has 4 nitrogen and oxygen atoms in total. The van der Waals surface area contributed by atoms with Crippen LogP contribution in [0.2, 0.25) is 5.02 Å². The van der Waals surface area contributed by atoms with Crippen molar-refractivity contribution in [2.45, 2.75) is 0 Å². The zero-order valence-electron chi connectivity index (χ0n) is 15.6. The Labute approximate surface area is 169 Å². The molecule has 0 spiro atoms. The Morgan fingerprint density at radius 2 is 1.64 bits per heavy atom. The maximum Gasteiger partial charge on any atom is 0.256 e. The molecule has 0 atom stereocenters. The molecule has 0 unspecified atom stereocenters. The van der Waals surface area contributed by atoms with E-state index in [1.54, 1.807) is 44.6 Å². The second kappa shape index (κ2) is 9.11. The topological polar surface area (TPSA) is 47.6 Å². The van der Waals surface area contributed by atoms with Gasteiger partial charge in [0.1, 0.15) is 11.5 Å². The van der Waals surface area contributed by atoms with Crippen molar-refractivity contribution in [2.75, 3.05) is 19.5 Å². The van der Waals surface area contributed by atoms with E-state index in [9.17, 15) is 4.79 Å². The number of anilines is 1. The van der Waals surface area contributed by atoms with Gasteiger partial charge in [-0.15, -0.1) is 0 Å². The molecule has 0 saturated carbocycles. The normalized spacial score (nSPS) is 11.0. The third-order valence-electron chi connectivity index (χ3n) is 4.19. The van der Waals surface area contributed by atoms with Crippen LogP contribution in [0.1, 0.15) is 11.1 Å². The average molecular weight is 394 g/mol. The monoisotopic (exact) mass is 393 g/mol. The van der Waals surface area contributed by atoms with Gasteiger partial charge in [-0.2, -0.15) is 0 Å². The van der Waals surface area contributed by atoms with Crippen molar-refractivity contribution in [2.24, 2.45) is 0 Å². The van der Waals surface area contributed by atoms with Crippen molar-refractivity contribution in [3.05, 3.63) is 88.9 Å². The fourth-order valence-corrected chi connectivity index (χ4v) is 2.93. The van der Waals surface area contributed by atoms with E-state index in [0.29, 0.717) is 27.8 Å². The number of amides is 1. The summed E-state index contributed by atoms with van der Waals surface area (Å²) >= 11 is 6.29. The zero-order valence-corrected chi connectivity index (χ0v) is 16.4. The van der Waals surface area contributed by atoms with E-state index in [1.165, 1.54) is 0 Å². The molecule has 5 heteroatoms. The number of hydrogen-bond donors (Lipinski definition) is 1. The second-order valence-electron chi connectivity index (χ2n) is 5.97. The summed E-state index contributed by atoms with van der Waals surface area (Å²) in [6, 6.07) is 22.1. The highest BCUT2D eigenvalue weighted by atomic mass is 35.5. The maximum atomic E-state index is 13.1. The van der Waals surface area contributed by atoms with Gasteiger partial charge in [0.2, 0.25) is 0 Å². The Bertz CT molecular complexity index is 1000. The predicted molar refractivity (Wildman–Crippen MR) is 114 cm³/mol. The first-order valence-electron chi connectivity index (χ1n) is 8.67. The molecule has 0 aromatic heterocycles. The van der Waals surface area contributed by atoms with Crippen molar-refractivity contribution in [1.82, 2.24) is 0 Å².